The van der Waals surface area contributed by atoms with Gasteiger partial charge in [-0.2, -0.15) is 0 Å². The first-order valence-corrected chi connectivity index (χ1v) is 6.00. The molecule has 0 unspecified atom stereocenters. The summed E-state index contributed by atoms with van der Waals surface area (Å²) >= 11 is 0. The molecular formula is C13H18O3. The maximum Gasteiger partial charge on any atom is 0.214 e. The molecular weight excluding hydrogens is 204 g/mol. The monoisotopic (exact) mass is 222 g/mol. The highest BCUT2D eigenvalue weighted by Gasteiger charge is 2.55. The van der Waals surface area contributed by atoms with Crippen molar-refractivity contribution in [1.82, 2.24) is 0 Å². The predicted octanol–water partition coefficient (Wildman–Crippen LogP) is 2.41. The number of carbonyl (C=O) groups is 1. The van der Waals surface area contributed by atoms with Gasteiger partial charge in [0.25, 0.3) is 0 Å². The molecule has 1 fully saturated rings. The van der Waals surface area contributed by atoms with Gasteiger partial charge in [-0.1, -0.05) is 13.8 Å². The SMILES string of the molecule is CC1(C)CC(=O)C2=C(C1)O[C@@]1(C)OCC[C@@H]21. The van der Waals surface area contributed by atoms with E-state index in [1.165, 1.54) is 0 Å². The van der Waals surface area contributed by atoms with Crippen LogP contribution in [-0.4, -0.2) is 18.2 Å². The zero-order valence-electron chi connectivity index (χ0n) is 10.1. The van der Waals surface area contributed by atoms with Crippen LogP contribution in [0.3, 0.4) is 0 Å². The van der Waals surface area contributed by atoms with E-state index < -0.39 is 5.79 Å². The van der Waals surface area contributed by atoms with Gasteiger partial charge in [0.05, 0.1) is 12.5 Å². The molecule has 3 aliphatic rings. The molecule has 1 aliphatic carbocycles. The van der Waals surface area contributed by atoms with Crippen molar-refractivity contribution in [3.63, 3.8) is 0 Å². The largest absolute Gasteiger partial charge is 0.466 e. The minimum atomic E-state index is -0.555. The Morgan fingerprint density at radius 1 is 1.25 bits per heavy atom. The van der Waals surface area contributed by atoms with Crippen molar-refractivity contribution in [2.24, 2.45) is 11.3 Å². The van der Waals surface area contributed by atoms with Crippen molar-refractivity contribution in [2.45, 2.75) is 45.8 Å². The molecule has 0 amide bonds. The van der Waals surface area contributed by atoms with E-state index in [9.17, 15) is 4.79 Å². The molecule has 2 atom stereocenters. The Balaban J connectivity index is 2.01. The van der Waals surface area contributed by atoms with Gasteiger partial charge >= 0.3 is 0 Å². The average molecular weight is 222 g/mol. The number of ether oxygens (including phenoxy) is 2. The summed E-state index contributed by atoms with van der Waals surface area (Å²) in [7, 11) is 0. The quantitative estimate of drug-likeness (QED) is 0.631. The summed E-state index contributed by atoms with van der Waals surface area (Å²) in [4.78, 5) is 12.2. The van der Waals surface area contributed by atoms with Crippen molar-refractivity contribution in [3.8, 4) is 0 Å². The molecule has 0 N–H and O–H groups in total. The van der Waals surface area contributed by atoms with Gasteiger partial charge in [-0.3, -0.25) is 4.79 Å². The highest BCUT2D eigenvalue weighted by Crippen LogP contribution is 2.52. The molecule has 3 heteroatoms. The molecule has 0 bridgehead atoms. The van der Waals surface area contributed by atoms with Gasteiger partial charge < -0.3 is 9.47 Å². The Bertz CT molecular complexity index is 394. The smallest absolute Gasteiger partial charge is 0.214 e. The first kappa shape index (κ1) is 10.3. The van der Waals surface area contributed by atoms with Gasteiger partial charge in [-0.15, -0.1) is 0 Å². The molecule has 0 aromatic heterocycles. The van der Waals surface area contributed by atoms with Crippen LogP contribution in [0.25, 0.3) is 0 Å². The second-order valence-electron chi connectivity index (χ2n) is 6.09. The minimum absolute atomic E-state index is 0.0327. The zero-order chi connectivity index (χ0) is 11.6. The van der Waals surface area contributed by atoms with Crippen LogP contribution in [0.1, 0.15) is 40.0 Å². The molecule has 16 heavy (non-hydrogen) atoms. The van der Waals surface area contributed by atoms with E-state index in [1.807, 2.05) is 6.92 Å². The maximum atomic E-state index is 12.2. The summed E-state index contributed by atoms with van der Waals surface area (Å²) in [5, 5.41) is 0. The Labute approximate surface area is 95.8 Å². The molecule has 2 aliphatic heterocycles. The summed E-state index contributed by atoms with van der Waals surface area (Å²) in [5.74, 6) is 0.783. The summed E-state index contributed by atoms with van der Waals surface area (Å²) in [6.45, 7) is 6.91. The fourth-order valence-corrected chi connectivity index (χ4v) is 3.25. The number of allylic oxidation sites excluding steroid dienone is 1. The van der Waals surface area contributed by atoms with Crippen LogP contribution in [0.15, 0.2) is 11.3 Å². The molecule has 88 valence electrons. The van der Waals surface area contributed by atoms with Crippen LogP contribution < -0.4 is 0 Å². The van der Waals surface area contributed by atoms with Gasteiger partial charge in [0.15, 0.2) is 5.78 Å². The number of carbonyl (C=O) groups excluding carboxylic acids is 1. The standard InChI is InChI=1S/C13H18O3/c1-12(2)6-9(14)11-8-4-5-15-13(8,3)16-10(11)7-12/h8H,4-7H2,1-3H3/t8-,13+/m0/s1. The topological polar surface area (TPSA) is 35.5 Å². The average Bonchev–Trinajstić information content (AvgIpc) is 2.54. The number of hydrogen-bond donors (Lipinski definition) is 0. The van der Waals surface area contributed by atoms with E-state index in [-0.39, 0.29) is 17.1 Å². The van der Waals surface area contributed by atoms with E-state index in [0.29, 0.717) is 13.0 Å². The van der Waals surface area contributed by atoms with Crippen molar-refractivity contribution < 1.29 is 14.3 Å². The highest BCUT2D eigenvalue weighted by atomic mass is 16.7. The summed E-state index contributed by atoms with van der Waals surface area (Å²) in [5.41, 5.74) is 0.963. The van der Waals surface area contributed by atoms with Crippen LogP contribution in [0.4, 0.5) is 0 Å². The fraction of sp³-hybridized carbons (Fsp3) is 0.769. The van der Waals surface area contributed by atoms with Crippen molar-refractivity contribution in [3.05, 3.63) is 11.3 Å². The first-order valence-electron chi connectivity index (χ1n) is 6.00. The van der Waals surface area contributed by atoms with Gasteiger partial charge in [-0.05, 0) is 11.8 Å². The lowest BCUT2D eigenvalue weighted by Gasteiger charge is -2.29. The Morgan fingerprint density at radius 3 is 2.75 bits per heavy atom. The Hall–Kier alpha value is -0.830. The van der Waals surface area contributed by atoms with Gasteiger partial charge in [0.1, 0.15) is 5.76 Å². The summed E-state index contributed by atoms with van der Waals surface area (Å²) in [6.07, 6.45) is 2.42. The van der Waals surface area contributed by atoms with Crippen LogP contribution in [0.5, 0.6) is 0 Å². The Kier molecular flexibility index (Phi) is 1.87. The molecule has 0 aromatic rings. The number of hydrogen-bond acceptors (Lipinski definition) is 3. The minimum Gasteiger partial charge on any atom is -0.466 e. The summed E-state index contributed by atoms with van der Waals surface area (Å²) < 4.78 is 11.6. The number of rotatable bonds is 0. The molecule has 3 rings (SSSR count). The first-order chi connectivity index (χ1) is 7.41. The number of fused-ring (bicyclic) bond motifs is 2. The van der Waals surface area contributed by atoms with Crippen molar-refractivity contribution in [1.29, 1.82) is 0 Å². The second kappa shape index (κ2) is 2.89. The highest BCUT2D eigenvalue weighted by molar-refractivity contribution is 5.98. The molecule has 0 aromatic carbocycles. The van der Waals surface area contributed by atoms with E-state index in [4.69, 9.17) is 9.47 Å². The third-order valence-electron chi connectivity index (χ3n) is 3.98. The zero-order valence-corrected chi connectivity index (χ0v) is 10.1. The molecule has 1 saturated heterocycles. The molecule has 0 radical (unpaired) electrons. The Morgan fingerprint density at radius 2 is 2.00 bits per heavy atom. The van der Waals surface area contributed by atoms with Crippen LogP contribution in [-0.2, 0) is 14.3 Å². The van der Waals surface area contributed by atoms with Crippen molar-refractivity contribution >= 4 is 5.78 Å². The lowest BCUT2D eigenvalue weighted by Crippen LogP contribution is -2.31. The van der Waals surface area contributed by atoms with Crippen LogP contribution >= 0.6 is 0 Å². The van der Waals surface area contributed by atoms with Crippen LogP contribution in [0, 0.1) is 11.3 Å². The van der Waals surface area contributed by atoms with Gasteiger partial charge in [0, 0.05) is 25.3 Å². The third kappa shape index (κ3) is 1.27. The predicted molar refractivity (Wildman–Crippen MR) is 58.6 cm³/mol. The number of ketones is 1. The molecule has 0 spiro atoms. The van der Waals surface area contributed by atoms with E-state index in [2.05, 4.69) is 13.8 Å². The molecule has 3 nitrogen and oxygen atoms in total. The van der Waals surface area contributed by atoms with Crippen molar-refractivity contribution in [2.75, 3.05) is 6.61 Å². The molecule has 2 heterocycles. The normalized spacial score (nSPS) is 40.7. The summed E-state index contributed by atoms with van der Waals surface area (Å²) in [6, 6.07) is 0. The lowest BCUT2D eigenvalue weighted by atomic mass is 9.74. The van der Waals surface area contributed by atoms with Gasteiger partial charge in [-0.25, -0.2) is 0 Å². The lowest BCUT2D eigenvalue weighted by molar-refractivity contribution is -0.175. The second-order valence-corrected chi connectivity index (χ2v) is 6.09. The fourth-order valence-electron chi connectivity index (χ4n) is 3.25. The van der Waals surface area contributed by atoms with Gasteiger partial charge in [0.2, 0.25) is 5.79 Å². The third-order valence-corrected chi connectivity index (χ3v) is 3.98. The van der Waals surface area contributed by atoms with E-state index >= 15 is 0 Å². The maximum absolute atomic E-state index is 12.2. The molecule has 0 saturated carbocycles. The van der Waals surface area contributed by atoms with E-state index in [1.54, 1.807) is 0 Å². The van der Waals surface area contributed by atoms with Crippen LogP contribution in [0.2, 0.25) is 0 Å². The van der Waals surface area contributed by atoms with E-state index in [0.717, 1.165) is 24.2 Å². The number of Topliss-reactive ketones (excluding diaryl/α,β-unsaturated/α-hetero) is 1.